The predicted molar refractivity (Wildman–Crippen MR) is 452 cm³/mol. The normalized spacial score (nSPS) is 21.1. The maximum atomic E-state index is 6.69. The number of nitrogens with one attached hydrogen (secondary N) is 1. The Labute approximate surface area is 634 Å². The number of hydrogen-bond acceptors (Lipinski definition) is 4. The SMILES string of the molecule is C=C/C=C1\C(=C)c2c3c(c4c(c2C1(CC)CCCCCCC)C(CCCCCCC)c1cc(N(C2=CC=C5c6cc7c(cc6C(C)(C)C5C2)/C(C)=c2/c(oc5ccccc25)=C\CNC7(C)C)c2ccc5c(c2)C(C)(C)c2cc6c(cc2-5)C(C)(C)c2ccc5oc7ccccc7c5c2-6)ccc1-4)-c1ccccc1C3. The van der Waals surface area contributed by atoms with E-state index < -0.39 is 0 Å². The molecule has 1 aliphatic heterocycles. The minimum absolute atomic E-state index is 0.177. The van der Waals surface area contributed by atoms with Gasteiger partial charge in [0.05, 0.1) is 0 Å². The number of hydrogen-bond donors (Lipinski definition) is 1. The third-order valence-corrected chi connectivity index (χ3v) is 28.1. The zero-order valence-corrected chi connectivity index (χ0v) is 65.4. The highest BCUT2D eigenvalue weighted by atomic mass is 16.3. The largest absolute Gasteiger partial charge is 0.456 e. The van der Waals surface area contributed by atoms with Crippen LogP contribution in [0.2, 0.25) is 0 Å². The molecule has 0 saturated carbocycles. The van der Waals surface area contributed by atoms with Gasteiger partial charge in [0.2, 0.25) is 0 Å². The van der Waals surface area contributed by atoms with Gasteiger partial charge < -0.3 is 19.1 Å². The fourth-order valence-electron chi connectivity index (χ4n) is 22.5. The van der Waals surface area contributed by atoms with Crippen LogP contribution in [0.3, 0.4) is 0 Å². The fraction of sp³-hybridized carbons (Fsp3) is 0.340. The van der Waals surface area contributed by atoms with E-state index in [4.69, 9.17) is 15.4 Å². The lowest BCUT2D eigenvalue weighted by atomic mass is 9.68. The minimum Gasteiger partial charge on any atom is -0.456 e. The second-order valence-corrected chi connectivity index (χ2v) is 35.2. The molecule has 107 heavy (non-hydrogen) atoms. The van der Waals surface area contributed by atoms with Crippen LogP contribution in [-0.2, 0) is 33.6 Å². The van der Waals surface area contributed by atoms with E-state index in [2.05, 4.69) is 276 Å². The van der Waals surface area contributed by atoms with E-state index in [1.807, 2.05) is 0 Å². The van der Waals surface area contributed by atoms with Crippen LogP contribution >= 0.6 is 0 Å². The molecule has 4 heteroatoms. The van der Waals surface area contributed by atoms with Crippen molar-refractivity contribution in [3.05, 3.63) is 283 Å². The first-order valence-corrected chi connectivity index (χ1v) is 40.9. The quantitative estimate of drug-likeness (QED) is 0.0923. The number of benzene rings is 9. The van der Waals surface area contributed by atoms with E-state index in [1.165, 1.54) is 236 Å². The molecule has 0 spiro atoms. The van der Waals surface area contributed by atoms with E-state index in [1.54, 1.807) is 11.1 Å². The zero-order chi connectivity index (χ0) is 73.5. The minimum atomic E-state index is -0.325. The highest BCUT2D eigenvalue weighted by Crippen LogP contribution is 2.67. The second kappa shape index (κ2) is 24.8. The first-order chi connectivity index (χ1) is 51.7. The molecule has 8 aliphatic rings. The summed E-state index contributed by atoms with van der Waals surface area (Å²) in [5, 5.41) is 8.78. The van der Waals surface area contributed by atoms with Crippen LogP contribution < -0.4 is 20.9 Å². The van der Waals surface area contributed by atoms with Crippen molar-refractivity contribution in [2.75, 3.05) is 11.4 Å². The molecule has 538 valence electrons. The number of unbranched alkanes of at least 4 members (excludes halogenated alkanes) is 8. The molecular weight excluding hydrogens is 1300 g/mol. The molecule has 4 nitrogen and oxygen atoms in total. The Hall–Kier alpha value is -9.48. The maximum absolute atomic E-state index is 6.69. The van der Waals surface area contributed by atoms with Crippen LogP contribution in [0.15, 0.2) is 203 Å². The molecule has 9 aromatic carbocycles. The van der Waals surface area contributed by atoms with Gasteiger partial charge in [-0.1, -0.05) is 237 Å². The van der Waals surface area contributed by atoms with E-state index >= 15 is 0 Å². The summed E-state index contributed by atoms with van der Waals surface area (Å²) in [4.78, 5) is 2.74. The number of para-hydroxylation sites is 2. The van der Waals surface area contributed by atoms with Gasteiger partial charge in [0, 0.05) is 72.7 Å². The Morgan fingerprint density at radius 1 is 0.561 bits per heavy atom. The molecule has 11 aromatic rings. The van der Waals surface area contributed by atoms with Crippen LogP contribution in [0, 0.1) is 5.92 Å². The van der Waals surface area contributed by atoms with Gasteiger partial charge >= 0.3 is 0 Å². The summed E-state index contributed by atoms with van der Waals surface area (Å²) in [5.41, 5.74) is 42.9. The molecule has 0 fully saturated rings. The van der Waals surface area contributed by atoms with Gasteiger partial charge in [-0.25, -0.2) is 0 Å². The molecule has 0 saturated heterocycles. The van der Waals surface area contributed by atoms with Crippen molar-refractivity contribution in [2.24, 2.45) is 5.92 Å². The Morgan fingerprint density at radius 3 is 2.00 bits per heavy atom. The summed E-state index contributed by atoms with van der Waals surface area (Å²) in [6.07, 6.45) is 29.3. The zero-order valence-electron chi connectivity index (χ0n) is 65.4. The summed E-state index contributed by atoms with van der Waals surface area (Å²) in [5.74, 6) is 0.415. The summed E-state index contributed by atoms with van der Waals surface area (Å²) < 4.78 is 13.3. The van der Waals surface area contributed by atoms with Crippen molar-refractivity contribution >= 4 is 67.1 Å². The van der Waals surface area contributed by atoms with Crippen molar-refractivity contribution < 1.29 is 8.83 Å². The van der Waals surface area contributed by atoms with Crippen molar-refractivity contribution in [1.29, 1.82) is 0 Å². The highest BCUT2D eigenvalue weighted by Gasteiger charge is 2.53. The van der Waals surface area contributed by atoms with Crippen LogP contribution in [0.4, 0.5) is 11.4 Å². The average molecular weight is 1400 g/mol. The van der Waals surface area contributed by atoms with Crippen molar-refractivity contribution in [3.8, 4) is 44.5 Å². The van der Waals surface area contributed by atoms with Crippen LogP contribution in [0.1, 0.15) is 257 Å². The molecule has 7 aliphatic carbocycles. The number of furan rings is 2. The van der Waals surface area contributed by atoms with Gasteiger partial charge in [0.1, 0.15) is 22.2 Å². The third-order valence-electron chi connectivity index (χ3n) is 28.1. The molecule has 0 radical (unpaired) electrons. The molecule has 2 aromatic heterocycles. The molecule has 3 heterocycles. The fourth-order valence-corrected chi connectivity index (χ4v) is 22.5. The van der Waals surface area contributed by atoms with Gasteiger partial charge in [-0.3, -0.25) is 0 Å². The lowest BCUT2D eigenvalue weighted by molar-refractivity contribution is 0.405. The van der Waals surface area contributed by atoms with Crippen LogP contribution in [0.5, 0.6) is 0 Å². The topological polar surface area (TPSA) is 41.6 Å². The monoisotopic (exact) mass is 1400 g/mol. The lowest BCUT2D eigenvalue weighted by Crippen LogP contribution is -2.37. The Morgan fingerprint density at radius 2 is 1.22 bits per heavy atom. The summed E-state index contributed by atoms with van der Waals surface area (Å²) >= 11 is 0. The number of fused-ring (bicyclic) bond motifs is 27. The van der Waals surface area contributed by atoms with E-state index in [0.717, 1.165) is 54.3 Å². The molecule has 0 amide bonds. The standard InChI is InChI=1S/C103H104N2O2/c1-15-19-21-23-25-36-69-74-53-63(43-46-70(74)96-93-66-35-27-26-34-62(66)52-78(93)92-61(6)79(33-17-3)103(18-4,98(92)97(69)96)50-32-24-22-20-16-2)105(64-41-44-67-75-57-85-77(59-84(75)101(11,12)81(67)54-64)94-80(99(85,7)8)47-48-89-95(94)72-38-29-31-40-88(72)106-89)65-42-45-68-76-58-86-73(56-83(76)100(9,10)82(68)55-65)60(5)91-71-37-28-30-39-87(71)107-90(91)49-51-104-102(86,13)14/h17,26-31,33-35,37-49,53-54,56-59,69,82,104H,3,6,15-16,18-25,32,36,50-52,55H2,1-2,4-5,7-14H3/b79-33+,90-49+,91-60+. The molecule has 19 rings (SSSR count). The van der Waals surface area contributed by atoms with E-state index in [9.17, 15) is 0 Å². The lowest BCUT2D eigenvalue weighted by Gasteiger charge is -2.37. The molecule has 3 atom stereocenters. The van der Waals surface area contributed by atoms with Gasteiger partial charge in [0.25, 0.3) is 0 Å². The number of rotatable bonds is 17. The Balaban J connectivity index is 0.809. The van der Waals surface area contributed by atoms with Crippen LogP contribution in [0.25, 0.3) is 100 Å². The first-order valence-electron chi connectivity index (χ1n) is 40.9. The second-order valence-electron chi connectivity index (χ2n) is 35.2. The summed E-state index contributed by atoms with van der Waals surface area (Å²) in [6, 6.07) is 57.0. The summed E-state index contributed by atoms with van der Waals surface area (Å²) in [7, 11) is 0. The number of anilines is 2. The molecule has 1 N–H and O–H groups in total. The summed E-state index contributed by atoms with van der Waals surface area (Å²) in [6.45, 7) is 39.6. The van der Waals surface area contributed by atoms with Gasteiger partial charge in [0.15, 0.2) is 0 Å². The molecule has 0 bridgehead atoms. The number of nitrogens with zero attached hydrogens (tertiary/aromatic N) is 1. The van der Waals surface area contributed by atoms with Crippen molar-refractivity contribution in [3.63, 3.8) is 0 Å². The van der Waals surface area contributed by atoms with Crippen molar-refractivity contribution in [1.82, 2.24) is 5.32 Å². The van der Waals surface area contributed by atoms with Gasteiger partial charge in [-0.15, -0.1) is 0 Å². The highest BCUT2D eigenvalue weighted by molar-refractivity contribution is 6.15. The van der Waals surface area contributed by atoms with E-state index in [-0.39, 0.29) is 39.0 Å². The van der Waals surface area contributed by atoms with Crippen LogP contribution in [-0.4, -0.2) is 6.54 Å². The van der Waals surface area contributed by atoms with Crippen molar-refractivity contribution in [2.45, 2.75) is 213 Å². The maximum Gasteiger partial charge on any atom is 0.136 e. The van der Waals surface area contributed by atoms with E-state index in [0.29, 0.717) is 6.54 Å². The Bertz CT molecular complexity index is 5930. The predicted octanol–water partition coefficient (Wildman–Crippen LogP) is 26.4. The number of allylic oxidation sites excluding steroid dienone is 8. The van der Waals surface area contributed by atoms with Gasteiger partial charge in [-0.2, -0.15) is 0 Å². The molecular formula is C103H104N2O2. The average Bonchev–Trinajstić information content (AvgIpc) is 1.50. The van der Waals surface area contributed by atoms with Gasteiger partial charge in [-0.05, 0) is 288 Å². The smallest absolute Gasteiger partial charge is 0.136 e. The Kier molecular flexibility index (Phi) is 15.8. The third kappa shape index (κ3) is 9.74. The first kappa shape index (κ1) is 68.1. The molecule has 3 unspecified atom stereocenters.